The fourth-order valence-electron chi connectivity index (χ4n) is 4.80. The number of hydrogen-bond acceptors (Lipinski definition) is 7. The quantitative estimate of drug-likeness (QED) is 0.333. The Hall–Kier alpha value is -4.05. The van der Waals surface area contributed by atoms with E-state index in [2.05, 4.69) is 41.5 Å². The molecule has 3 aromatic heterocycles. The summed E-state index contributed by atoms with van der Waals surface area (Å²) in [6, 6.07) is 18.7. The molecule has 0 saturated carbocycles. The molecule has 0 unspecified atom stereocenters. The molecule has 2 aromatic carbocycles. The Morgan fingerprint density at radius 3 is 2.56 bits per heavy atom. The van der Waals surface area contributed by atoms with Gasteiger partial charge in [-0.1, -0.05) is 18.2 Å². The average Bonchev–Trinajstić information content (AvgIpc) is 3.61. The van der Waals surface area contributed by atoms with Gasteiger partial charge in [0.25, 0.3) is 0 Å². The molecule has 0 N–H and O–H groups in total. The monoisotopic (exact) mass is 481 g/mol. The van der Waals surface area contributed by atoms with Gasteiger partial charge in [0.05, 0.1) is 41.5 Å². The van der Waals surface area contributed by atoms with Crippen molar-refractivity contribution in [2.24, 2.45) is 7.05 Å². The zero-order chi connectivity index (χ0) is 24.8. The van der Waals surface area contributed by atoms with Gasteiger partial charge in [-0.3, -0.25) is 9.67 Å². The predicted molar refractivity (Wildman–Crippen MR) is 138 cm³/mol. The number of pyridine rings is 1. The van der Waals surface area contributed by atoms with Gasteiger partial charge in [0.2, 0.25) is 6.41 Å². The number of anilines is 1. The lowest BCUT2D eigenvalue weighted by Gasteiger charge is -2.34. The maximum absolute atomic E-state index is 5.65. The van der Waals surface area contributed by atoms with Gasteiger partial charge < -0.3 is 9.47 Å². The lowest BCUT2D eigenvalue weighted by atomic mass is 10.1. The van der Waals surface area contributed by atoms with Crippen LogP contribution in [0.2, 0.25) is 0 Å². The van der Waals surface area contributed by atoms with E-state index < -0.39 is 6.41 Å². The minimum Gasteiger partial charge on any atom is -0.342 e. The lowest BCUT2D eigenvalue weighted by Crippen LogP contribution is -2.48. The van der Waals surface area contributed by atoms with Crippen LogP contribution in [-0.4, -0.2) is 50.1 Å². The van der Waals surface area contributed by atoms with E-state index in [1.54, 1.807) is 14.2 Å². The maximum Gasteiger partial charge on any atom is 0.237 e. The van der Waals surface area contributed by atoms with Gasteiger partial charge in [0.1, 0.15) is 6.33 Å². The smallest absolute Gasteiger partial charge is 0.237 e. The molecule has 9 heteroatoms. The largest absolute Gasteiger partial charge is 0.342 e. The van der Waals surface area contributed by atoms with Crippen molar-refractivity contribution in [2.45, 2.75) is 19.9 Å². The molecule has 1 aliphatic heterocycles. The first kappa shape index (κ1) is 22.4. The molecule has 0 atom stereocenters. The Morgan fingerprint density at radius 1 is 0.944 bits per heavy atom. The van der Waals surface area contributed by atoms with Crippen molar-refractivity contribution in [1.82, 2.24) is 29.4 Å². The van der Waals surface area contributed by atoms with Crippen molar-refractivity contribution >= 4 is 16.6 Å². The van der Waals surface area contributed by atoms with Gasteiger partial charge in [-0.05, 0) is 48.9 Å². The van der Waals surface area contributed by atoms with Crippen molar-refractivity contribution < 1.29 is 9.47 Å². The lowest BCUT2D eigenvalue weighted by molar-refractivity contribution is -0.202. The number of nitrogens with zero attached hydrogens (tertiary/aromatic N) is 7. The minimum absolute atomic E-state index is 0.574. The second kappa shape index (κ2) is 8.87. The number of imidazole rings is 1. The Bertz CT molecular complexity index is 1550. The Labute approximate surface area is 209 Å². The maximum atomic E-state index is 5.65. The Morgan fingerprint density at radius 2 is 1.75 bits per heavy atom. The summed E-state index contributed by atoms with van der Waals surface area (Å²) >= 11 is 0. The summed E-state index contributed by atoms with van der Waals surface area (Å²) in [6.45, 7) is 2.61. The van der Waals surface area contributed by atoms with Crippen molar-refractivity contribution in [2.75, 3.05) is 19.3 Å². The average molecular weight is 482 g/mol. The highest BCUT2D eigenvalue weighted by Gasteiger charge is 2.35. The molecule has 9 nitrogen and oxygen atoms in total. The Balaban J connectivity index is 1.39. The molecule has 182 valence electrons. The number of ether oxygens (including phenoxy) is 2. The van der Waals surface area contributed by atoms with E-state index in [-0.39, 0.29) is 0 Å². The highest BCUT2D eigenvalue weighted by molar-refractivity contribution is 5.83. The van der Waals surface area contributed by atoms with Gasteiger partial charge in [-0.25, -0.2) is 14.8 Å². The number of aromatic nitrogens is 5. The second-order valence-corrected chi connectivity index (χ2v) is 8.85. The number of rotatable bonds is 6. The van der Waals surface area contributed by atoms with Crippen LogP contribution in [0, 0.1) is 6.92 Å². The molecular weight excluding hydrogens is 454 g/mol. The van der Waals surface area contributed by atoms with Gasteiger partial charge >= 0.3 is 0 Å². The van der Waals surface area contributed by atoms with Crippen LogP contribution < -0.4 is 5.12 Å². The molecule has 0 amide bonds. The molecule has 36 heavy (non-hydrogen) atoms. The molecule has 4 heterocycles. The number of benzene rings is 2. The van der Waals surface area contributed by atoms with Crippen LogP contribution in [0.4, 0.5) is 5.69 Å². The van der Waals surface area contributed by atoms with Crippen LogP contribution in [0.15, 0.2) is 73.3 Å². The van der Waals surface area contributed by atoms with E-state index in [1.807, 2.05) is 70.4 Å². The summed E-state index contributed by atoms with van der Waals surface area (Å²) in [4.78, 5) is 9.41. The van der Waals surface area contributed by atoms with Crippen molar-refractivity contribution in [3.63, 3.8) is 0 Å². The summed E-state index contributed by atoms with van der Waals surface area (Å²) in [5.41, 5.74) is 8.15. The van der Waals surface area contributed by atoms with Crippen molar-refractivity contribution in [3.8, 4) is 22.5 Å². The number of hydrazine groups is 1. The summed E-state index contributed by atoms with van der Waals surface area (Å²) in [7, 11) is 5.22. The van der Waals surface area contributed by atoms with E-state index in [4.69, 9.17) is 19.4 Å². The van der Waals surface area contributed by atoms with Crippen LogP contribution in [0.25, 0.3) is 33.4 Å². The zero-order valence-electron chi connectivity index (χ0n) is 20.7. The van der Waals surface area contributed by atoms with E-state index >= 15 is 0 Å². The molecule has 0 spiro atoms. The summed E-state index contributed by atoms with van der Waals surface area (Å²) in [5, 5.41) is 9.49. The van der Waals surface area contributed by atoms with Crippen LogP contribution in [-0.2, 0) is 23.1 Å². The molecule has 1 aliphatic rings. The van der Waals surface area contributed by atoms with E-state index in [1.165, 1.54) is 0 Å². The molecule has 0 saturated heterocycles. The SMILES string of the molecule is COC(OC)N1Cc2cc(-c3cccc(C)n3)ccc2N1n1cnc(-c2ccc3c(cnn3C)c2)c1. The van der Waals surface area contributed by atoms with Crippen LogP contribution in [0.1, 0.15) is 11.3 Å². The van der Waals surface area contributed by atoms with Crippen molar-refractivity contribution in [1.29, 1.82) is 0 Å². The first-order valence-corrected chi connectivity index (χ1v) is 11.7. The molecule has 0 fully saturated rings. The minimum atomic E-state index is -0.574. The van der Waals surface area contributed by atoms with E-state index in [0.29, 0.717) is 6.54 Å². The van der Waals surface area contributed by atoms with E-state index in [0.717, 1.165) is 50.4 Å². The van der Waals surface area contributed by atoms with Crippen LogP contribution in [0.5, 0.6) is 0 Å². The predicted octanol–water partition coefficient (Wildman–Crippen LogP) is 4.38. The summed E-state index contributed by atoms with van der Waals surface area (Å²) < 4.78 is 15.1. The normalized spacial score (nSPS) is 13.8. The number of hydrogen-bond donors (Lipinski definition) is 0. The van der Waals surface area contributed by atoms with Gasteiger partial charge in [-0.15, -0.1) is 5.01 Å². The first-order valence-electron chi connectivity index (χ1n) is 11.7. The molecule has 0 bridgehead atoms. The van der Waals surface area contributed by atoms with Gasteiger partial charge in [-0.2, -0.15) is 5.10 Å². The third-order valence-corrected chi connectivity index (χ3v) is 6.53. The summed E-state index contributed by atoms with van der Waals surface area (Å²) in [6.07, 6.45) is 5.12. The highest BCUT2D eigenvalue weighted by atomic mass is 16.7. The van der Waals surface area contributed by atoms with Crippen molar-refractivity contribution in [3.05, 3.63) is 84.6 Å². The third-order valence-electron chi connectivity index (χ3n) is 6.53. The van der Waals surface area contributed by atoms with Gasteiger partial charge in [0.15, 0.2) is 0 Å². The van der Waals surface area contributed by atoms with Crippen LogP contribution in [0.3, 0.4) is 0 Å². The standard InChI is InChI=1S/C27H27N7O2/c1-18-6-5-7-23(30-18)19-9-11-26-22(13-19)15-33(27(35-3)36-4)34(26)32-16-24(28-17-32)20-8-10-25-21(12-20)14-29-31(25)2/h5-14,16-17,27H,15H2,1-4H3. The third kappa shape index (κ3) is 3.74. The number of aryl methyl sites for hydroxylation is 2. The summed E-state index contributed by atoms with van der Waals surface area (Å²) in [5.74, 6) is 0. The molecular formula is C27H27N7O2. The number of methoxy groups -OCH3 is 2. The molecule has 6 rings (SSSR count). The zero-order valence-corrected chi connectivity index (χ0v) is 20.7. The molecule has 0 radical (unpaired) electrons. The van der Waals surface area contributed by atoms with Gasteiger partial charge in [0, 0.05) is 43.5 Å². The fourth-order valence-corrected chi connectivity index (χ4v) is 4.80. The highest BCUT2D eigenvalue weighted by Crippen LogP contribution is 2.37. The second-order valence-electron chi connectivity index (χ2n) is 8.85. The van der Waals surface area contributed by atoms with E-state index in [9.17, 15) is 0 Å². The molecule has 0 aliphatic carbocycles. The van der Waals surface area contributed by atoms with Crippen LogP contribution >= 0.6 is 0 Å². The number of fused-ring (bicyclic) bond motifs is 2. The Kier molecular flexibility index (Phi) is 5.52. The molecule has 5 aromatic rings. The fraction of sp³-hybridized carbons (Fsp3) is 0.222. The first-order chi connectivity index (χ1) is 17.6. The topological polar surface area (TPSA) is 73.5 Å².